The van der Waals surface area contributed by atoms with Gasteiger partial charge in [-0.15, -0.1) is 12.4 Å². The number of allylic oxidation sites excluding steroid dienone is 4. The summed E-state index contributed by atoms with van der Waals surface area (Å²) in [5.74, 6) is 0. The predicted octanol–water partition coefficient (Wildman–Crippen LogP) is 1.87. The number of halogens is 1. The van der Waals surface area contributed by atoms with Gasteiger partial charge in [-0.1, -0.05) is 0 Å². The predicted molar refractivity (Wildman–Crippen MR) is 29.3 cm³/mol. The van der Waals surface area contributed by atoms with Crippen molar-refractivity contribution in [1.29, 1.82) is 0 Å². The molecule has 0 saturated carbocycles. The fraction of sp³-hybridized carbons (Fsp3) is 0.200. The Morgan fingerprint density at radius 3 is 1.71 bits per heavy atom. The van der Waals surface area contributed by atoms with E-state index in [1.807, 2.05) is 0 Å². The molecule has 2 heteroatoms. The summed E-state index contributed by atoms with van der Waals surface area (Å²) in [5.41, 5.74) is 0. The molecule has 0 bridgehead atoms. The van der Waals surface area contributed by atoms with Crippen LogP contribution in [0.15, 0.2) is 24.3 Å². The zero-order chi connectivity index (χ0) is 4.41. The van der Waals surface area contributed by atoms with Crippen LogP contribution in [0.4, 0.5) is 0 Å². The Bertz CT molecular complexity index is 84.3. The van der Waals surface area contributed by atoms with Crippen molar-refractivity contribution in [2.75, 3.05) is 0 Å². The van der Waals surface area contributed by atoms with E-state index in [2.05, 4.69) is 44.7 Å². The Morgan fingerprint density at radius 1 is 1.14 bits per heavy atom. The van der Waals surface area contributed by atoms with Crippen LogP contribution in [0, 0.1) is 0 Å². The second-order valence-electron chi connectivity index (χ2n) is 1.30. The van der Waals surface area contributed by atoms with Crippen LogP contribution in [0.25, 0.3) is 0 Å². The molecule has 0 amide bonds. The summed E-state index contributed by atoms with van der Waals surface area (Å²) in [6.45, 7) is 0. The summed E-state index contributed by atoms with van der Waals surface area (Å²) in [7, 11) is 0. The van der Waals surface area contributed by atoms with Crippen molar-refractivity contribution in [2.45, 2.75) is 4.22 Å². The summed E-state index contributed by atoms with van der Waals surface area (Å²) in [4.78, 5) is 0. The molecule has 0 heterocycles. The van der Waals surface area contributed by atoms with Crippen LogP contribution in [0.1, 0.15) is 0 Å². The molecule has 1 rings (SSSR count). The minimum atomic E-state index is 0. The van der Waals surface area contributed by atoms with Gasteiger partial charge in [0.15, 0.2) is 0 Å². The van der Waals surface area contributed by atoms with Crippen LogP contribution in [0.5, 0.6) is 0 Å². The average molecular weight is 149 g/mol. The summed E-state index contributed by atoms with van der Waals surface area (Å²) in [5, 5.41) is 0. The third-order valence-corrected chi connectivity index (χ3v) is 1.35. The van der Waals surface area contributed by atoms with E-state index in [1.54, 1.807) is 0 Å². The second-order valence-corrected chi connectivity index (χ2v) is 2.34. The van der Waals surface area contributed by atoms with Gasteiger partial charge >= 0.3 is 49.0 Å². The minimum absolute atomic E-state index is 0. The van der Waals surface area contributed by atoms with Gasteiger partial charge in [0.25, 0.3) is 0 Å². The third kappa shape index (κ3) is 2.33. The molecule has 0 saturated heterocycles. The zero-order valence-electron chi connectivity index (χ0n) is 3.79. The molecule has 0 N–H and O–H groups in total. The van der Waals surface area contributed by atoms with Gasteiger partial charge in [-0.25, -0.2) is 0 Å². The molecule has 0 unspecified atom stereocenters. The maximum absolute atomic E-state index is 2.17. The van der Waals surface area contributed by atoms with Gasteiger partial charge in [-0.2, -0.15) is 0 Å². The van der Waals surface area contributed by atoms with E-state index in [4.69, 9.17) is 0 Å². The van der Waals surface area contributed by atoms with E-state index in [0.29, 0.717) is 4.22 Å². The Morgan fingerprint density at radius 2 is 1.57 bits per heavy atom. The van der Waals surface area contributed by atoms with E-state index in [1.165, 1.54) is 0 Å². The third-order valence-electron chi connectivity index (χ3n) is 0.748. The van der Waals surface area contributed by atoms with Gasteiger partial charge in [0, 0.05) is 0 Å². The quantitative estimate of drug-likeness (QED) is 0.461. The Kier molecular flexibility index (Phi) is 3.72. The van der Waals surface area contributed by atoms with Crippen LogP contribution in [-0.2, 0) is 20.4 Å². The molecule has 0 fully saturated rings. The molecular weight excluding hydrogens is 143 g/mol. The number of hydrogen-bond acceptors (Lipinski definition) is 0. The van der Waals surface area contributed by atoms with E-state index in [9.17, 15) is 0 Å². The van der Waals surface area contributed by atoms with Crippen molar-refractivity contribution in [3.63, 3.8) is 0 Å². The van der Waals surface area contributed by atoms with Crippen molar-refractivity contribution in [1.82, 2.24) is 0 Å². The molecule has 0 aromatic rings. The Hall–Kier alpha value is 0.484. The molecule has 0 radical (unpaired) electrons. The van der Waals surface area contributed by atoms with Crippen molar-refractivity contribution in [3.05, 3.63) is 24.3 Å². The molecule has 1 aliphatic carbocycles. The fourth-order valence-electron chi connectivity index (χ4n) is 0.432. The molecule has 0 aromatic carbocycles. The molecule has 0 aromatic heterocycles. The summed E-state index contributed by atoms with van der Waals surface area (Å²) < 4.78 is 0.685. The van der Waals surface area contributed by atoms with Crippen LogP contribution >= 0.6 is 12.4 Å². The van der Waals surface area contributed by atoms with E-state index < -0.39 is 0 Å². The monoisotopic (exact) mass is 149 g/mol. The van der Waals surface area contributed by atoms with Gasteiger partial charge in [0.2, 0.25) is 0 Å². The van der Waals surface area contributed by atoms with Gasteiger partial charge in [-0.3, -0.25) is 0 Å². The van der Waals surface area contributed by atoms with Crippen molar-refractivity contribution < 1.29 is 20.4 Å². The fourth-order valence-corrected chi connectivity index (χ4v) is 0.779. The molecule has 1 aliphatic rings. The van der Waals surface area contributed by atoms with Gasteiger partial charge in [0.05, 0.1) is 0 Å². The van der Waals surface area contributed by atoms with Crippen molar-refractivity contribution >= 4 is 12.4 Å². The normalized spacial score (nSPS) is 17.0. The van der Waals surface area contributed by atoms with Gasteiger partial charge in [0.1, 0.15) is 0 Å². The van der Waals surface area contributed by atoms with E-state index in [0.717, 1.165) is 0 Å². The first-order valence-corrected chi connectivity index (χ1v) is 2.86. The van der Waals surface area contributed by atoms with Gasteiger partial charge in [-0.05, 0) is 0 Å². The number of hydrogen-bond donors (Lipinski definition) is 0. The van der Waals surface area contributed by atoms with Crippen LogP contribution in [-0.4, -0.2) is 0 Å². The van der Waals surface area contributed by atoms with Gasteiger partial charge < -0.3 is 0 Å². The van der Waals surface area contributed by atoms with Crippen LogP contribution < -0.4 is 0 Å². The first kappa shape index (κ1) is 7.48. The molecule has 0 atom stereocenters. The van der Waals surface area contributed by atoms with E-state index in [-0.39, 0.29) is 12.4 Å². The SMILES string of the molecule is Cl.[Ti][CH]1C=CC=C1. The topological polar surface area (TPSA) is 0 Å². The summed E-state index contributed by atoms with van der Waals surface area (Å²) in [6.07, 6.45) is 8.48. The first-order valence-electron chi connectivity index (χ1n) is 1.96. The number of rotatable bonds is 0. The Balaban J connectivity index is 0.000000360. The van der Waals surface area contributed by atoms with Crippen molar-refractivity contribution in [3.8, 4) is 0 Å². The Labute approximate surface area is 61.5 Å². The second kappa shape index (κ2) is 3.48. The molecular formula is C5H6ClTi. The molecule has 0 nitrogen and oxygen atoms in total. The van der Waals surface area contributed by atoms with Crippen LogP contribution in [0.3, 0.4) is 0 Å². The molecule has 7 heavy (non-hydrogen) atoms. The maximum atomic E-state index is 2.17. The van der Waals surface area contributed by atoms with E-state index >= 15 is 0 Å². The molecule has 0 aliphatic heterocycles. The molecule has 37 valence electrons. The zero-order valence-corrected chi connectivity index (χ0v) is 6.17. The van der Waals surface area contributed by atoms with Crippen molar-refractivity contribution in [2.24, 2.45) is 0 Å². The first-order chi connectivity index (χ1) is 2.89. The molecule has 0 spiro atoms. The standard InChI is InChI=1S/C5H5.ClH.Ti/c1-2-4-5-3-1;;/h1-5H;1H;. The summed E-state index contributed by atoms with van der Waals surface area (Å²) in [6, 6.07) is 0. The van der Waals surface area contributed by atoms with Crippen LogP contribution in [0.2, 0.25) is 4.22 Å². The summed E-state index contributed by atoms with van der Waals surface area (Å²) >= 11 is 2.17. The average Bonchev–Trinajstić information content (AvgIpc) is 1.86.